The third kappa shape index (κ3) is 3.33. The van der Waals surface area contributed by atoms with E-state index in [-0.39, 0.29) is 25.0 Å². The number of morpholine rings is 1. The SMILES string of the molecule is C[C@@H]1CN(C(=O)Cc2c[nH]c3ccc(Cl)cc23)CC(C(=O)O)O1. The number of hydrogen-bond acceptors (Lipinski definition) is 3. The lowest BCUT2D eigenvalue weighted by molar-refractivity contribution is -0.166. The van der Waals surface area contributed by atoms with Crippen molar-refractivity contribution in [3.63, 3.8) is 0 Å². The number of carbonyl (C=O) groups excluding carboxylic acids is 1. The predicted molar refractivity (Wildman–Crippen MR) is 85.6 cm³/mol. The summed E-state index contributed by atoms with van der Waals surface area (Å²) >= 11 is 6.01. The van der Waals surface area contributed by atoms with E-state index in [1.807, 2.05) is 12.1 Å². The number of fused-ring (bicyclic) bond motifs is 1. The highest BCUT2D eigenvalue weighted by atomic mass is 35.5. The van der Waals surface area contributed by atoms with Crippen LogP contribution < -0.4 is 0 Å². The van der Waals surface area contributed by atoms with Crippen LogP contribution in [0, 0.1) is 0 Å². The van der Waals surface area contributed by atoms with Crippen LogP contribution in [-0.2, 0) is 20.7 Å². The van der Waals surface area contributed by atoms with E-state index in [0.29, 0.717) is 11.6 Å². The number of rotatable bonds is 3. The van der Waals surface area contributed by atoms with Crippen molar-refractivity contribution in [2.24, 2.45) is 0 Å². The van der Waals surface area contributed by atoms with E-state index in [4.69, 9.17) is 21.4 Å². The summed E-state index contributed by atoms with van der Waals surface area (Å²) in [6.07, 6.45) is 0.711. The molecular formula is C16H17ClN2O4. The maximum absolute atomic E-state index is 12.5. The second kappa shape index (κ2) is 6.22. The minimum Gasteiger partial charge on any atom is -0.479 e. The van der Waals surface area contributed by atoms with Crippen LogP contribution in [0.2, 0.25) is 5.02 Å². The van der Waals surface area contributed by atoms with Crippen LogP contribution in [-0.4, -0.2) is 52.2 Å². The fourth-order valence-electron chi connectivity index (χ4n) is 2.86. The molecule has 0 spiro atoms. The zero-order chi connectivity index (χ0) is 16.6. The van der Waals surface area contributed by atoms with Crippen LogP contribution in [0.1, 0.15) is 12.5 Å². The Kier molecular flexibility index (Phi) is 4.28. The summed E-state index contributed by atoms with van der Waals surface area (Å²) < 4.78 is 5.33. The molecule has 0 saturated carbocycles. The summed E-state index contributed by atoms with van der Waals surface area (Å²) in [5.41, 5.74) is 1.76. The van der Waals surface area contributed by atoms with Crippen LogP contribution in [0.15, 0.2) is 24.4 Å². The lowest BCUT2D eigenvalue weighted by Crippen LogP contribution is -2.52. The summed E-state index contributed by atoms with van der Waals surface area (Å²) in [7, 11) is 0. The smallest absolute Gasteiger partial charge is 0.334 e. The number of aromatic nitrogens is 1. The molecule has 2 aromatic rings. The Hall–Kier alpha value is -2.05. The number of carboxylic acid groups (broad SMARTS) is 1. The highest BCUT2D eigenvalue weighted by Gasteiger charge is 2.32. The lowest BCUT2D eigenvalue weighted by Gasteiger charge is -2.35. The van der Waals surface area contributed by atoms with Gasteiger partial charge >= 0.3 is 5.97 Å². The molecule has 2 heterocycles. The average Bonchev–Trinajstić information content (AvgIpc) is 2.89. The Morgan fingerprint density at radius 3 is 2.96 bits per heavy atom. The van der Waals surface area contributed by atoms with Gasteiger partial charge in [-0.3, -0.25) is 4.79 Å². The fraction of sp³-hybridized carbons (Fsp3) is 0.375. The molecule has 1 aliphatic rings. The molecule has 0 aliphatic carbocycles. The Balaban J connectivity index is 1.77. The summed E-state index contributed by atoms with van der Waals surface area (Å²) in [5, 5.41) is 10.6. The first-order valence-corrected chi connectivity index (χ1v) is 7.73. The number of benzene rings is 1. The Morgan fingerprint density at radius 1 is 1.43 bits per heavy atom. The van der Waals surface area contributed by atoms with Crippen molar-refractivity contribution < 1.29 is 19.4 Å². The topological polar surface area (TPSA) is 82.6 Å². The maximum Gasteiger partial charge on any atom is 0.334 e. The number of nitrogens with zero attached hydrogens (tertiary/aromatic N) is 1. The van der Waals surface area contributed by atoms with Gasteiger partial charge in [0.2, 0.25) is 5.91 Å². The minimum atomic E-state index is -1.05. The molecule has 2 atom stereocenters. The molecule has 1 aromatic carbocycles. The highest BCUT2D eigenvalue weighted by molar-refractivity contribution is 6.31. The summed E-state index contributed by atoms with van der Waals surface area (Å²) in [6.45, 7) is 2.23. The van der Waals surface area contributed by atoms with E-state index in [1.54, 1.807) is 24.1 Å². The molecule has 3 rings (SSSR count). The van der Waals surface area contributed by atoms with Gasteiger partial charge in [0.1, 0.15) is 0 Å². The summed E-state index contributed by atoms with van der Waals surface area (Å²) in [5.74, 6) is -1.17. The fourth-order valence-corrected chi connectivity index (χ4v) is 3.04. The number of H-pyrrole nitrogens is 1. The minimum absolute atomic E-state index is 0.0710. The molecule has 6 nitrogen and oxygen atoms in total. The molecule has 122 valence electrons. The quantitative estimate of drug-likeness (QED) is 0.898. The molecule has 1 saturated heterocycles. The standard InChI is InChI=1S/C16H17ClN2O4/c1-9-7-19(8-14(23-9)16(21)22)15(20)4-10-6-18-13-3-2-11(17)5-12(10)13/h2-3,5-6,9,14,18H,4,7-8H2,1H3,(H,21,22)/t9-,14?/m1/s1. The average molecular weight is 337 g/mol. The molecule has 1 aliphatic heterocycles. The van der Waals surface area contributed by atoms with Gasteiger partial charge in [0.15, 0.2) is 6.10 Å². The first-order valence-electron chi connectivity index (χ1n) is 7.35. The third-order valence-corrected chi connectivity index (χ3v) is 4.19. The second-order valence-electron chi connectivity index (χ2n) is 5.75. The van der Waals surface area contributed by atoms with Crippen molar-refractivity contribution in [2.45, 2.75) is 25.6 Å². The molecule has 1 fully saturated rings. The highest BCUT2D eigenvalue weighted by Crippen LogP contribution is 2.23. The van der Waals surface area contributed by atoms with E-state index in [9.17, 15) is 9.59 Å². The van der Waals surface area contributed by atoms with Gasteiger partial charge in [0.25, 0.3) is 0 Å². The molecule has 2 N–H and O–H groups in total. The van der Waals surface area contributed by atoms with E-state index in [1.165, 1.54) is 0 Å². The predicted octanol–water partition coefficient (Wildman–Crippen LogP) is 2.06. The molecular weight excluding hydrogens is 320 g/mol. The van der Waals surface area contributed by atoms with Gasteiger partial charge in [-0.05, 0) is 30.7 Å². The first-order chi connectivity index (χ1) is 10.9. The zero-order valence-corrected chi connectivity index (χ0v) is 13.3. The second-order valence-corrected chi connectivity index (χ2v) is 6.19. The van der Waals surface area contributed by atoms with Gasteiger partial charge in [-0.2, -0.15) is 0 Å². The van der Waals surface area contributed by atoms with Gasteiger partial charge in [0, 0.05) is 28.7 Å². The van der Waals surface area contributed by atoms with Crippen molar-refractivity contribution >= 4 is 34.4 Å². The van der Waals surface area contributed by atoms with Crippen LogP contribution in [0.25, 0.3) is 10.9 Å². The molecule has 1 unspecified atom stereocenters. The van der Waals surface area contributed by atoms with Crippen LogP contribution in [0.4, 0.5) is 0 Å². The summed E-state index contributed by atoms with van der Waals surface area (Å²) in [4.78, 5) is 28.3. The number of carboxylic acids is 1. The normalized spacial score (nSPS) is 21.6. The largest absolute Gasteiger partial charge is 0.479 e. The number of aromatic amines is 1. The van der Waals surface area contributed by atoms with E-state index in [0.717, 1.165) is 16.5 Å². The van der Waals surface area contributed by atoms with Crippen molar-refractivity contribution in [1.82, 2.24) is 9.88 Å². The molecule has 0 bridgehead atoms. The van der Waals surface area contributed by atoms with E-state index >= 15 is 0 Å². The monoisotopic (exact) mass is 336 g/mol. The van der Waals surface area contributed by atoms with Gasteiger partial charge in [-0.15, -0.1) is 0 Å². The molecule has 23 heavy (non-hydrogen) atoms. The lowest BCUT2D eigenvalue weighted by atomic mass is 10.1. The Bertz CT molecular complexity index is 758. The van der Waals surface area contributed by atoms with Gasteiger partial charge in [-0.1, -0.05) is 11.6 Å². The zero-order valence-electron chi connectivity index (χ0n) is 12.6. The number of ether oxygens (including phenoxy) is 1. The Morgan fingerprint density at radius 2 is 2.22 bits per heavy atom. The number of nitrogens with one attached hydrogen (secondary N) is 1. The van der Waals surface area contributed by atoms with Gasteiger partial charge in [0.05, 0.1) is 19.1 Å². The van der Waals surface area contributed by atoms with Crippen LogP contribution in [0.3, 0.4) is 0 Å². The number of hydrogen-bond donors (Lipinski definition) is 2. The van der Waals surface area contributed by atoms with Crippen molar-refractivity contribution in [1.29, 1.82) is 0 Å². The van der Waals surface area contributed by atoms with Crippen LogP contribution >= 0.6 is 11.6 Å². The first kappa shape index (κ1) is 15.8. The molecule has 1 aromatic heterocycles. The van der Waals surface area contributed by atoms with Crippen LogP contribution in [0.5, 0.6) is 0 Å². The number of aliphatic carboxylic acids is 1. The Labute approximate surface area is 138 Å². The summed E-state index contributed by atoms with van der Waals surface area (Å²) in [6, 6.07) is 5.47. The van der Waals surface area contributed by atoms with E-state index < -0.39 is 12.1 Å². The van der Waals surface area contributed by atoms with Crippen molar-refractivity contribution in [3.05, 3.63) is 35.0 Å². The third-order valence-electron chi connectivity index (χ3n) is 3.96. The number of carbonyl (C=O) groups is 2. The van der Waals surface area contributed by atoms with E-state index in [2.05, 4.69) is 4.98 Å². The maximum atomic E-state index is 12.5. The van der Waals surface area contributed by atoms with Gasteiger partial charge in [-0.25, -0.2) is 4.79 Å². The molecule has 1 amide bonds. The number of amides is 1. The van der Waals surface area contributed by atoms with Gasteiger partial charge < -0.3 is 19.7 Å². The van der Waals surface area contributed by atoms with Crippen molar-refractivity contribution in [3.8, 4) is 0 Å². The number of halogens is 1. The molecule has 7 heteroatoms. The molecule has 0 radical (unpaired) electrons. The van der Waals surface area contributed by atoms with Crippen molar-refractivity contribution in [2.75, 3.05) is 13.1 Å².